The summed E-state index contributed by atoms with van der Waals surface area (Å²) < 4.78 is 6.10. The van der Waals surface area contributed by atoms with Crippen LogP contribution in [0.2, 0.25) is 0 Å². The number of hydrogen-bond acceptors (Lipinski definition) is 3. The SMILES string of the molecule is CC[C@@H]1CCCCN1C[C@@H](O)CO[C@@H]1CCCc2ccccc21. The third kappa shape index (κ3) is 4.34. The highest BCUT2D eigenvalue weighted by molar-refractivity contribution is 5.31. The van der Waals surface area contributed by atoms with Crippen LogP contribution in [0.5, 0.6) is 0 Å². The summed E-state index contributed by atoms with van der Waals surface area (Å²) in [7, 11) is 0. The summed E-state index contributed by atoms with van der Waals surface area (Å²) in [6.07, 6.45) is 8.26. The van der Waals surface area contributed by atoms with Gasteiger partial charge in [0.15, 0.2) is 0 Å². The van der Waals surface area contributed by atoms with Gasteiger partial charge < -0.3 is 9.84 Å². The Morgan fingerprint density at radius 1 is 1.22 bits per heavy atom. The molecule has 1 aliphatic heterocycles. The van der Waals surface area contributed by atoms with E-state index in [9.17, 15) is 5.11 Å². The van der Waals surface area contributed by atoms with Gasteiger partial charge >= 0.3 is 0 Å². The quantitative estimate of drug-likeness (QED) is 0.868. The highest BCUT2D eigenvalue weighted by Crippen LogP contribution is 2.32. The number of aliphatic hydroxyl groups is 1. The minimum Gasteiger partial charge on any atom is -0.389 e. The summed E-state index contributed by atoms with van der Waals surface area (Å²) in [5.41, 5.74) is 2.75. The number of likely N-dealkylation sites (tertiary alicyclic amines) is 1. The van der Waals surface area contributed by atoms with Crippen LogP contribution in [0.25, 0.3) is 0 Å². The number of piperidine rings is 1. The molecule has 3 nitrogen and oxygen atoms in total. The van der Waals surface area contributed by atoms with Gasteiger partial charge in [0, 0.05) is 12.6 Å². The summed E-state index contributed by atoms with van der Waals surface area (Å²) in [5, 5.41) is 10.4. The molecule has 0 saturated carbocycles. The number of hydrogen-bond donors (Lipinski definition) is 1. The number of aryl methyl sites for hydroxylation is 1. The predicted octanol–water partition coefficient (Wildman–Crippen LogP) is 3.71. The molecule has 1 saturated heterocycles. The van der Waals surface area contributed by atoms with Crippen LogP contribution >= 0.6 is 0 Å². The van der Waals surface area contributed by atoms with Crippen LogP contribution in [0.4, 0.5) is 0 Å². The zero-order valence-electron chi connectivity index (χ0n) is 14.4. The first-order chi connectivity index (χ1) is 11.3. The van der Waals surface area contributed by atoms with E-state index in [1.54, 1.807) is 0 Å². The zero-order valence-corrected chi connectivity index (χ0v) is 14.4. The van der Waals surface area contributed by atoms with Gasteiger partial charge in [0.05, 0.1) is 18.8 Å². The molecule has 0 bridgehead atoms. The molecule has 2 aliphatic rings. The molecule has 0 spiro atoms. The first-order valence-corrected chi connectivity index (χ1v) is 9.39. The van der Waals surface area contributed by atoms with E-state index in [0.717, 1.165) is 25.9 Å². The molecule has 0 aromatic heterocycles. The molecule has 0 amide bonds. The minimum absolute atomic E-state index is 0.165. The molecule has 128 valence electrons. The second-order valence-electron chi connectivity index (χ2n) is 7.12. The molecular formula is C20H31NO2. The Bertz CT molecular complexity index is 490. The molecular weight excluding hydrogens is 286 g/mol. The van der Waals surface area contributed by atoms with E-state index in [0.29, 0.717) is 12.6 Å². The van der Waals surface area contributed by atoms with Crippen molar-refractivity contribution in [3.05, 3.63) is 35.4 Å². The first kappa shape index (κ1) is 16.9. The Labute approximate surface area is 140 Å². The second-order valence-corrected chi connectivity index (χ2v) is 7.12. The lowest BCUT2D eigenvalue weighted by Crippen LogP contribution is -2.44. The molecule has 0 unspecified atom stereocenters. The van der Waals surface area contributed by atoms with Crippen molar-refractivity contribution in [2.45, 2.75) is 70.1 Å². The Morgan fingerprint density at radius 3 is 2.96 bits per heavy atom. The van der Waals surface area contributed by atoms with Crippen molar-refractivity contribution in [1.82, 2.24) is 4.90 Å². The number of β-amino-alcohol motifs (C(OH)–C–C–N with tert-alkyl or cyclic N) is 1. The topological polar surface area (TPSA) is 32.7 Å². The number of rotatable bonds is 6. The zero-order chi connectivity index (χ0) is 16.1. The van der Waals surface area contributed by atoms with Crippen LogP contribution < -0.4 is 0 Å². The average molecular weight is 317 g/mol. The maximum atomic E-state index is 10.4. The fraction of sp³-hybridized carbons (Fsp3) is 0.700. The molecule has 1 heterocycles. The van der Waals surface area contributed by atoms with Crippen LogP contribution in [0.3, 0.4) is 0 Å². The van der Waals surface area contributed by atoms with Crippen LogP contribution in [0, 0.1) is 0 Å². The highest BCUT2D eigenvalue weighted by atomic mass is 16.5. The van der Waals surface area contributed by atoms with Crippen molar-refractivity contribution in [1.29, 1.82) is 0 Å². The average Bonchev–Trinajstić information content (AvgIpc) is 2.60. The fourth-order valence-electron chi connectivity index (χ4n) is 4.20. The number of benzene rings is 1. The normalized spacial score (nSPS) is 26.7. The van der Waals surface area contributed by atoms with Gasteiger partial charge in [-0.3, -0.25) is 4.90 Å². The summed E-state index contributed by atoms with van der Waals surface area (Å²) in [6.45, 7) is 4.59. The Kier molecular flexibility index (Phi) is 6.09. The first-order valence-electron chi connectivity index (χ1n) is 9.39. The highest BCUT2D eigenvalue weighted by Gasteiger charge is 2.25. The Hall–Kier alpha value is -0.900. The van der Waals surface area contributed by atoms with Gasteiger partial charge in [-0.1, -0.05) is 37.6 Å². The predicted molar refractivity (Wildman–Crippen MR) is 93.6 cm³/mol. The summed E-state index contributed by atoms with van der Waals surface area (Å²) in [4.78, 5) is 2.46. The van der Waals surface area contributed by atoms with E-state index < -0.39 is 0 Å². The molecule has 3 heteroatoms. The van der Waals surface area contributed by atoms with Gasteiger partial charge in [0.1, 0.15) is 0 Å². The molecule has 1 aromatic rings. The van der Waals surface area contributed by atoms with Crippen molar-refractivity contribution in [2.75, 3.05) is 19.7 Å². The van der Waals surface area contributed by atoms with E-state index in [-0.39, 0.29) is 12.2 Å². The van der Waals surface area contributed by atoms with Crippen molar-refractivity contribution in [2.24, 2.45) is 0 Å². The third-order valence-corrected chi connectivity index (χ3v) is 5.47. The monoisotopic (exact) mass is 317 g/mol. The van der Waals surface area contributed by atoms with Crippen molar-refractivity contribution >= 4 is 0 Å². The Balaban J connectivity index is 1.50. The van der Waals surface area contributed by atoms with Crippen LogP contribution in [-0.2, 0) is 11.2 Å². The third-order valence-electron chi connectivity index (χ3n) is 5.47. The molecule has 3 rings (SSSR count). The van der Waals surface area contributed by atoms with E-state index in [1.165, 1.54) is 43.2 Å². The van der Waals surface area contributed by atoms with Crippen LogP contribution in [0.15, 0.2) is 24.3 Å². The van der Waals surface area contributed by atoms with Gasteiger partial charge in [-0.05, 0) is 56.2 Å². The van der Waals surface area contributed by atoms with E-state index in [1.807, 2.05) is 0 Å². The summed E-state index contributed by atoms with van der Waals surface area (Å²) in [5.74, 6) is 0. The van der Waals surface area contributed by atoms with Gasteiger partial charge in [-0.15, -0.1) is 0 Å². The number of aliphatic hydroxyl groups excluding tert-OH is 1. The number of ether oxygens (including phenoxy) is 1. The number of fused-ring (bicyclic) bond motifs is 1. The van der Waals surface area contributed by atoms with Gasteiger partial charge in [0.2, 0.25) is 0 Å². The summed E-state index contributed by atoms with van der Waals surface area (Å²) in [6, 6.07) is 9.24. The maximum Gasteiger partial charge on any atom is 0.0900 e. The lowest BCUT2D eigenvalue weighted by atomic mass is 9.89. The van der Waals surface area contributed by atoms with Gasteiger partial charge in [0.25, 0.3) is 0 Å². The lowest BCUT2D eigenvalue weighted by Gasteiger charge is -2.36. The molecule has 0 radical (unpaired) electrons. The lowest BCUT2D eigenvalue weighted by molar-refractivity contribution is -0.0356. The van der Waals surface area contributed by atoms with Crippen LogP contribution in [-0.4, -0.2) is 41.8 Å². The molecule has 1 aromatic carbocycles. The maximum absolute atomic E-state index is 10.4. The van der Waals surface area contributed by atoms with Crippen molar-refractivity contribution in [3.63, 3.8) is 0 Å². The second kappa shape index (κ2) is 8.27. The van der Waals surface area contributed by atoms with E-state index >= 15 is 0 Å². The number of nitrogens with zero attached hydrogens (tertiary/aromatic N) is 1. The smallest absolute Gasteiger partial charge is 0.0900 e. The molecule has 3 atom stereocenters. The standard InChI is InChI=1S/C20H31NO2/c1-2-17-10-5-6-13-21(17)14-18(22)15-23-20-12-7-9-16-8-3-4-11-19(16)20/h3-4,8,11,17-18,20,22H,2,5-7,9-10,12-15H2,1H3/t17-,18-,20-/m1/s1. The van der Waals surface area contributed by atoms with E-state index in [2.05, 4.69) is 36.1 Å². The van der Waals surface area contributed by atoms with Gasteiger partial charge in [-0.2, -0.15) is 0 Å². The van der Waals surface area contributed by atoms with Crippen molar-refractivity contribution < 1.29 is 9.84 Å². The molecule has 1 fully saturated rings. The molecule has 23 heavy (non-hydrogen) atoms. The minimum atomic E-state index is -0.378. The van der Waals surface area contributed by atoms with Crippen molar-refractivity contribution in [3.8, 4) is 0 Å². The fourth-order valence-corrected chi connectivity index (χ4v) is 4.20. The van der Waals surface area contributed by atoms with Gasteiger partial charge in [-0.25, -0.2) is 0 Å². The molecule has 1 aliphatic carbocycles. The van der Waals surface area contributed by atoms with Crippen LogP contribution in [0.1, 0.15) is 62.7 Å². The Morgan fingerprint density at radius 2 is 2.09 bits per heavy atom. The van der Waals surface area contributed by atoms with E-state index in [4.69, 9.17) is 4.74 Å². The molecule has 1 N–H and O–H groups in total. The summed E-state index contributed by atoms with van der Waals surface area (Å²) >= 11 is 0. The largest absolute Gasteiger partial charge is 0.389 e.